The van der Waals surface area contributed by atoms with Crippen LogP contribution in [0.5, 0.6) is 0 Å². The van der Waals surface area contributed by atoms with Crippen molar-refractivity contribution < 1.29 is 4.79 Å². The summed E-state index contributed by atoms with van der Waals surface area (Å²) in [5.41, 5.74) is 13.3. The average Bonchev–Trinajstić information content (AvgIpc) is 2.62. The number of nitrogens with one attached hydrogen (secondary N) is 1. The molecule has 0 aliphatic rings. The smallest absolute Gasteiger partial charge is 0.183 e. The molecule has 5 N–H and O–H groups in total. The highest BCUT2D eigenvalue weighted by atomic mass is 79.9. The van der Waals surface area contributed by atoms with Gasteiger partial charge in [0.1, 0.15) is 5.82 Å². The maximum Gasteiger partial charge on any atom is 0.183 e. The van der Waals surface area contributed by atoms with Gasteiger partial charge in [-0.15, -0.1) is 0 Å². The van der Waals surface area contributed by atoms with Crippen LogP contribution in [0, 0.1) is 5.92 Å². The van der Waals surface area contributed by atoms with Gasteiger partial charge in [0.25, 0.3) is 0 Å². The van der Waals surface area contributed by atoms with Crippen LogP contribution in [0.4, 0.5) is 5.82 Å². The van der Waals surface area contributed by atoms with E-state index in [9.17, 15) is 4.79 Å². The monoisotopic (exact) mass is 323 g/mol. The zero-order chi connectivity index (χ0) is 14.2. The first kappa shape index (κ1) is 14.1. The summed E-state index contributed by atoms with van der Waals surface area (Å²) >= 11 is 3.41. The molecule has 1 atom stereocenters. The predicted molar refractivity (Wildman–Crippen MR) is 82.2 cm³/mol. The van der Waals surface area contributed by atoms with Crippen LogP contribution in [0.2, 0.25) is 0 Å². The van der Waals surface area contributed by atoms with Crippen molar-refractivity contribution in [2.75, 3.05) is 5.73 Å². The molecule has 5 heteroatoms. The Balaban J connectivity index is 2.46. The number of fused-ring (bicyclic) bond motifs is 1. The van der Waals surface area contributed by atoms with Gasteiger partial charge in [0, 0.05) is 15.4 Å². The molecule has 1 heterocycles. The third-order valence-corrected chi connectivity index (χ3v) is 3.59. The predicted octanol–water partition coefficient (Wildman–Crippen LogP) is 3.07. The van der Waals surface area contributed by atoms with Crippen molar-refractivity contribution in [2.24, 2.45) is 11.7 Å². The number of aromatic nitrogens is 1. The Morgan fingerprint density at radius 1 is 1.42 bits per heavy atom. The molecule has 0 saturated heterocycles. The van der Waals surface area contributed by atoms with E-state index in [0.29, 0.717) is 23.7 Å². The van der Waals surface area contributed by atoms with E-state index in [0.717, 1.165) is 15.4 Å². The van der Waals surface area contributed by atoms with Crippen LogP contribution in [-0.2, 0) is 0 Å². The van der Waals surface area contributed by atoms with Crippen LogP contribution in [-0.4, -0.2) is 16.8 Å². The van der Waals surface area contributed by atoms with E-state index in [4.69, 9.17) is 11.5 Å². The van der Waals surface area contributed by atoms with Gasteiger partial charge in [0.2, 0.25) is 0 Å². The van der Waals surface area contributed by atoms with E-state index in [1.54, 1.807) is 0 Å². The number of benzene rings is 1. The number of rotatable bonds is 4. The molecular formula is C14H18BrN3O. The molecule has 4 nitrogen and oxygen atoms in total. The van der Waals surface area contributed by atoms with Crippen molar-refractivity contribution in [1.29, 1.82) is 0 Å². The first-order valence-electron chi connectivity index (χ1n) is 6.26. The maximum absolute atomic E-state index is 12.4. The number of Topliss-reactive ketones (excluding diaryl/α,β-unsaturated/α-hetero) is 1. The minimum atomic E-state index is -0.514. The van der Waals surface area contributed by atoms with Crippen molar-refractivity contribution in [1.82, 2.24) is 4.98 Å². The number of halogens is 1. The fourth-order valence-electron chi connectivity index (χ4n) is 2.25. The third kappa shape index (κ3) is 2.82. The Bertz CT molecular complexity index is 618. The summed E-state index contributed by atoms with van der Waals surface area (Å²) in [4.78, 5) is 15.5. The SMILES string of the molecule is CC(C)C[C@H](N)C(=O)c1c(N)[nH]c2ccc(Br)cc12. The average molecular weight is 324 g/mol. The number of carbonyl (C=O) groups is 1. The number of carbonyl (C=O) groups excluding carboxylic acids is 1. The van der Waals surface area contributed by atoms with Crippen molar-refractivity contribution in [3.8, 4) is 0 Å². The minimum Gasteiger partial charge on any atom is -0.385 e. The summed E-state index contributed by atoms with van der Waals surface area (Å²) < 4.78 is 0.908. The molecule has 0 aliphatic heterocycles. The van der Waals surface area contributed by atoms with Crippen LogP contribution in [0.1, 0.15) is 30.6 Å². The molecule has 2 aromatic rings. The molecule has 0 bridgehead atoms. The second kappa shape index (κ2) is 5.35. The summed E-state index contributed by atoms with van der Waals surface area (Å²) in [6, 6.07) is 5.17. The third-order valence-electron chi connectivity index (χ3n) is 3.10. The lowest BCUT2D eigenvalue weighted by Gasteiger charge is -2.13. The Morgan fingerprint density at radius 2 is 2.11 bits per heavy atom. The highest BCUT2D eigenvalue weighted by Crippen LogP contribution is 2.28. The zero-order valence-corrected chi connectivity index (χ0v) is 12.6. The number of hydrogen-bond donors (Lipinski definition) is 3. The van der Waals surface area contributed by atoms with Gasteiger partial charge in [0.15, 0.2) is 5.78 Å². The molecule has 0 aliphatic carbocycles. The van der Waals surface area contributed by atoms with Crippen LogP contribution in [0.3, 0.4) is 0 Å². The molecule has 0 unspecified atom stereocenters. The Kier molecular flexibility index (Phi) is 3.96. The van der Waals surface area contributed by atoms with E-state index in [-0.39, 0.29) is 5.78 Å². The molecule has 2 rings (SSSR count). The number of H-pyrrole nitrogens is 1. The van der Waals surface area contributed by atoms with Crippen LogP contribution < -0.4 is 11.5 Å². The van der Waals surface area contributed by atoms with Gasteiger partial charge in [-0.25, -0.2) is 0 Å². The molecule has 0 saturated carbocycles. The van der Waals surface area contributed by atoms with E-state index >= 15 is 0 Å². The van der Waals surface area contributed by atoms with Crippen LogP contribution in [0.15, 0.2) is 22.7 Å². The number of ketones is 1. The lowest BCUT2D eigenvalue weighted by atomic mass is 9.96. The summed E-state index contributed by atoms with van der Waals surface area (Å²) in [7, 11) is 0. The number of nitrogen functional groups attached to an aromatic ring is 1. The van der Waals surface area contributed by atoms with Crippen molar-refractivity contribution in [3.63, 3.8) is 0 Å². The highest BCUT2D eigenvalue weighted by Gasteiger charge is 2.23. The molecule has 19 heavy (non-hydrogen) atoms. The second-order valence-electron chi connectivity index (χ2n) is 5.20. The van der Waals surface area contributed by atoms with Gasteiger partial charge in [-0.3, -0.25) is 4.79 Å². The number of aromatic amines is 1. The van der Waals surface area contributed by atoms with E-state index in [2.05, 4.69) is 20.9 Å². The standard InChI is InChI=1S/C14H18BrN3O/c1-7(2)5-10(16)13(19)12-9-6-8(15)3-4-11(9)18-14(12)17/h3-4,6-7,10,18H,5,16-17H2,1-2H3/t10-/m0/s1. The summed E-state index contributed by atoms with van der Waals surface area (Å²) in [5, 5.41) is 0.816. The second-order valence-corrected chi connectivity index (χ2v) is 6.12. The van der Waals surface area contributed by atoms with Crippen molar-refractivity contribution >= 4 is 38.4 Å². The fraction of sp³-hybridized carbons (Fsp3) is 0.357. The number of hydrogen-bond acceptors (Lipinski definition) is 3. The normalized spacial score (nSPS) is 13.1. The van der Waals surface area contributed by atoms with Crippen LogP contribution in [0.25, 0.3) is 10.9 Å². The molecular weight excluding hydrogens is 306 g/mol. The quantitative estimate of drug-likeness (QED) is 0.756. The lowest BCUT2D eigenvalue weighted by molar-refractivity contribution is 0.0953. The highest BCUT2D eigenvalue weighted by molar-refractivity contribution is 9.10. The molecule has 102 valence electrons. The van der Waals surface area contributed by atoms with E-state index in [1.165, 1.54) is 0 Å². The van der Waals surface area contributed by atoms with Gasteiger partial charge < -0.3 is 16.5 Å². The zero-order valence-electron chi connectivity index (χ0n) is 11.0. The molecule has 0 fully saturated rings. The largest absolute Gasteiger partial charge is 0.385 e. The van der Waals surface area contributed by atoms with Crippen LogP contribution >= 0.6 is 15.9 Å². The van der Waals surface area contributed by atoms with Gasteiger partial charge in [-0.2, -0.15) is 0 Å². The Labute approximate surface area is 120 Å². The first-order chi connectivity index (χ1) is 8.90. The number of anilines is 1. The maximum atomic E-state index is 12.4. The van der Waals surface area contributed by atoms with Gasteiger partial charge in [-0.1, -0.05) is 29.8 Å². The first-order valence-corrected chi connectivity index (χ1v) is 7.06. The molecule has 0 amide bonds. The molecule has 1 aromatic heterocycles. The topological polar surface area (TPSA) is 84.9 Å². The summed E-state index contributed by atoms with van der Waals surface area (Å²) in [6.45, 7) is 4.09. The van der Waals surface area contributed by atoms with Gasteiger partial charge in [0.05, 0.1) is 11.6 Å². The number of nitrogens with two attached hydrogens (primary N) is 2. The van der Waals surface area contributed by atoms with Crippen molar-refractivity contribution in [3.05, 3.63) is 28.2 Å². The molecule has 1 aromatic carbocycles. The summed E-state index contributed by atoms with van der Waals surface area (Å²) in [5.74, 6) is 0.657. The molecule has 0 spiro atoms. The Morgan fingerprint density at radius 3 is 2.74 bits per heavy atom. The Hall–Kier alpha value is -1.33. The lowest BCUT2D eigenvalue weighted by Crippen LogP contribution is -2.32. The van der Waals surface area contributed by atoms with Gasteiger partial charge in [-0.05, 0) is 30.5 Å². The van der Waals surface area contributed by atoms with Crippen molar-refractivity contribution in [2.45, 2.75) is 26.3 Å². The molecule has 0 radical (unpaired) electrons. The van der Waals surface area contributed by atoms with E-state index < -0.39 is 6.04 Å². The van der Waals surface area contributed by atoms with E-state index in [1.807, 2.05) is 32.0 Å². The van der Waals surface area contributed by atoms with Gasteiger partial charge >= 0.3 is 0 Å². The fourth-order valence-corrected chi connectivity index (χ4v) is 2.61. The minimum absolute atomic E-state index is 0.101. The summed E-state index contributed by atoms with van der Waals surface area (Å²) in [6.07, 6.45) is 0.652.